The number of aromatic nitrogens is 1. The predicted molar refractivity (Wildman–Crippen MR) is 88.5 cm³/mol. The summed E-state index contributed by atoms with van der Waals surface area (Å²) in [5, 5.41) is 4.35. The van der Waals surface area contributed by atoms with Crippen LogP contribution in [0.25, 0.3) is 11.3 Å². The summed E-state index contributed by atoms with van der Waals surface area (Å²) in [5.41, 5.74) is 2.31. The number of rotatable bonds is 7. The van der Waals surface area contributed by atoms with Crippen LogP contribution in [-0.2, 0) is 6.54 Å². The minimum Gasteiger partial charge on any atom is -0.351 e. The standard InChI is InChI=1S/C16H23N3S/c1-4-5-11-19(3)16-18-15(14(20-16)12-17-2)13-9-7-6-8-10-13/h6-10,17H,4-5,11-12H2,1-3H3. The van der Waals surface area contributed by atoms with Crippen LogP contribution in [0.5, 0.6) is 0 Å². The van der Waals surface area contributed by atoms with Gasteiger partial charge in [-0.3, -0.25) is 0 Å². The molecular weight excluding hydrogens is 266 g/mol. The molecule has 1 aromatic carbocycles. The summed E-state index contributed by atoms with van der Waals surface area (Å²) >= 11 is 1.79. The van der Waals surface area contributed by atoms with Crippen molar-refractivity contribution in [1.82, 2.24) is 10.3 Å². The summed E-state index contributed by atoms with van der Waals surface area (Å²) in [6, 6.07) is 10.4. The lowest BCUT2D eigenvalue weighted by Gasteiger charge is -2.14. The van der Waals surface area contributed by atoms with Crippen molar-refractivity contribution in [3.05, 3.63) is 35.2 Å². The molecule has 2 aromatic rings. The maximum absolute atomic E-state index is 4.86. The number of anilines is 1. The summed E-state index contributed by atoms with van der Waals surface area (Å²) in [5.74, 6) is 0. The molecule has 108 valence electrons. The lowest BCUT2D eigenvalue weighted by atomic mass is 10.1. The van der Waals surface area contributed by atoms with Gasteiger partial charge in [0.2, 0.25) is 0 Å². The van der Waals surface area contributed by atoms with Gasteiger partial charge >= 0.3 is 0 Å². The van der Waals surface area contributed by atoms with E-state index in [2.05, 4.69) is 48.5 Å². The van der Waals surface area contributed by atoms with Gasteiger partial charge in [-0.15, -0.1) is 0 Å². The highest BCUT2D eigenvalue weighted by Crippen LogP contribution is 2.32. The Balaban J connectivity index is 2.28. The highest BCUT2D eigenvalue weighted by molar-refractivity contribution is 7.16. The van der Waals surface area contributed by atoms with Gasteiger partial charge in [-0.2, -0.15) is 0 Å². The number of unbranched alkanes of at least 4 members (excludes halogenated alkanes) is 1. The van der Waals surface area contributed by atoms with E-state index in [9.17, 15) is 0 Å². The molecule has 0 aliphatic carbocycles. The molecule has 0 unspecified atom stereocenters. The Morgan fingerprint density at radius 2 is 2.00 bits per heavy atom. The molecule has 1 heterocycles. The Labute approximate surface area is 125 Å². The number of benzene rings is 1. The molecule has 0 saturated carbocycles. The number of nitrogens with one attached hydrogen (secondary N) is 1. The van der Waals surface area contributed by atoms with Crippen molar-refractivity contribution in [3.63, 3.8) is 0 Å². The van der Waals surface area contributed by atoms with Crippen molar-refractivity contribution in [3.8, 4) is 11.3 Å². The van der Waals surface area contributed by atoms with Crippen LogP contribution >= 0.6 is 11.3 Å². The van der Waals surface area contributed by atoms with Crippen LogP contribution in [-0.4, -0.2) is 25.6 Å². The van der Waals surface area contributed by atoms with Crippen LogP contribution in [0.2, 0.25) is 0 Å². The molecule has 1 aromatic heterocycles. The van der Waals surface area contributed by atoms with E-state index in [1.165, 1.54) is 23.3 Å². The SMILES string of the molecule is CCCCN(C)c1nc(-c2ccccc2)c(CNC)s1. The quantitative estimate of drug-likeness (QED) is 0.841. The van der Waals surface area contributed by atoms with Crippen LogP contribution in [0, 0.1) is 0 Å². The van der Waals surface area contributed by atoms with Crippen molar-refractivity contribution < 1.29 is 0 Å². The number of thiazole rings is 1. The maximum atomic E-state index is 4.86. The third-order valence-electron chi connectivity index (χ3n) is 3.24. The molecule has 3 nitrogen and oxygen atoms in total. The van der Waals surface area contributed by atoms with Gasteiger partial charge in [-0.25, -0.2) is 4.98 Å². The highest BCUT2D eigenvalue weighted by Gasteiger charge is 2.14. The Kier molecular flexibility index (Phi) is 5.56. The fourth-order valence-corrected chi connectivity index (χ4v) is 3.18. The van der Waals surface area contributed by atoms with Crippen molar-refractivity contribution >= 4 is 16.5 Å². The van der Waals surface area contributed by atoms with Crippen molar-refractivity contribution in [2.24, 2.45) is 0 Å². The molecule has 2 rings (SSSR count). The van der Waals surface area contributed by atoms with Gasteiger partial charge < -0.3 is 10.2 Å². The molecule has 0 aliphatic rings. The van der Waals surface area contributed by atoms with E-state index in [-0.39, 0.29) is 0 Å². The monoisotopic (exact) mass is 289 g/mol. The number of hydrogen-bond acceptors (Lipinski definition) is 4. The summed E-state index contributed by atoms with van der Waals surface area (Å²) in [6.45, 7) is 4.15. The summed E-state index contributed by atoms with van der Waals surface area (Å²) in [6.07, 6.45) is 2.42. The average molecular weight is 289 g/mol. The van der Waals surface area contributed by atoms with Crippen LogP contribution in [0.15, 0.2) is 30.3 Å². The van der Waals surface area contributed by atoms with E-state index in [1.807, 2.05) is 13.1 Å². The van der Waals surface area contributed by atoms with E-state index in [1.54, 1.807) is 11.3 Å². The van der Waals surface area contributed by atoms with Gasteiger partial charge in [-0.05, 0) is 13.5 Å². The molecule has 0 spiro atoms. The Morgan fingerprint density at radius 3 is 2.65 bits per heavy atom. The third-order valence-corrected chi connectivity index (χ3v) is 4.41. The lowest BCUT2D eigenvalue weighted by Crippen LogP contribution is -2.17. The average Bonchev–Trinajstić information content (AvgIpc) is 2.90. The van der Waals surface area contributed by atoms with E-state index in [0.29, 0.717) is 0 Å². The van der Waals surface area contributed by atoms with E-state index in [4.69, 9.17) is 4.98 Å². The first kappa shape index (κ1) is 15.0. The van der Waals surface area contributed by atoms with Crippen LogP contribution in [0.1, 0.15) is 24.6 Å². The second kappa shape index (κ2) is 7.41. The van der Waals surface area contributed by atoms with Gasteiger partial charge in [0, 0.05) is 30.6 Å². The van der Waals surface area contributed by atoms with Crippen molar-refractivity contribution in [1.29, 1.82) is 0 Å². The van der Waals surface area contributed by atoms with E-state index < -0.39 is 0 Å². The Hall–Kier alpha value is -1.39. The van der Waals surface area contributed by atoms with Crippen LogP contribution in [0.3, 0.4) is 0 Å². The second-order valence-electron chi connectivity index (χ2n) is 4.94. The minimum atomic E-state index is 0.865. The molecule has 0 fully saturated rings. The van der Waals surface area contributed by atoms with Crippen molar-refractivity contribution in [2.75, 3.05) is 25.5 Å². The first-order chi connectivity index (χ1) is 9.76. The predicted octanol–water partition coefficient (Wildman–Crippen LogP) is 3.77. The van der Waals surface area contributed by atoms with E-state index >= 15 is 0 Å². The van der Waals surface area contributed by atoms with Gasteiger partial charge in [0.1, 0.15) is 0 Å². The molecule has 0 amide bonds. The molecule has 0 saturated heterocycles. The first-order valence-electron chi connectivity index (χ1n) is 7.17. The van der Waals surface area contributed by atoms with Crippen LogP contribution in [0.4, 0.5) is 5.13 Å². The molecule has 0 bridgehead atoms. The van der Waals surface area contributed by atoms with Gasteiger partial charge in [0.25, 0.3) is 0 Å². The van der Waals surface area contributed by atoms with Gasteiger partial charge in [0.05, 0.1) is 5.69 Å². The summed E-state index contributed by atoms with van der Waals surface area (Å²) in [4.78, 5) is 8.42. The Morgan fingerprint density at radius 1 is 1.25 bits per heavy atom. The largest absolute Gasteiger partial charge is 0.351 e. The topological polar surface area (TPSA) is 28.2 Å². The zero-order valence-corrected chi connectivity index (χ0v) is 13.3. The number of hydrogen-bond donors (Lipinski definition) is 1. The fourth-order valence-electron chi connectivity index (χ4n) is 2.10. The molecule has 0 atom stereocenters. The smallest absolute Gasteiger partial charge is 0.185 e. The second-order valence-corrected chi connectivity index (χ2v) is 6.00. The molecule has 4 heteroatoms. The molecule has 0 radical (unpaired) electrons. The summed E-state index contributed by atoms with van der Waals surface area (Å²) in [7, 11) is 4.11. The highest BCUT2D eigenvalue weighted by atomic mass is 32.1. The molecule has 20 heavy (non-hydrogen) atoms. The fraction of sp³-hybridized carbons (Fsp3) is 0.438. The first-order valence-corrected chi connectivity index (χ1v) is 7.98. The summed E-state index contributed by atoms with van der Waals surface area (Å²) < 4.78 is 0. The zero-order valence-electron chi connectivity index (χ0n) is 12.5. The normalized spacial score (nSPS) is 10.8. The molecule has 1 N–H and O–H groups in total. The lowest BCUT2D eigenvalue weighted by molar-refractivity contribution is 0.765. The van der Waals surface area contributed by atoms with Gasteiger partial charge in [0.15, 0.2) is 5.13 Å². The van der Waals surface area contributed by atoms with E-state index in [0.717, 1.165) is 23.9 Å². The number of nitrogens with zero attached hydrogens (tertiary/aromatic N) is 2. The van der Waals surface area contributed by atoms with Crippen LogP contribution < -0.4 is 10.2 Å². The molecule has 0 aliphatic heterocycles. The molecular formula is C16H23N3S. The third kappa shape index (κ3) is 3.58. The Bertz CT molecular complexity index is 522. The minimum absolute atomic E-state index is 0.865. The maximum Gasteiger partial charge on any atom is 0.185 e. The van der Waals surface area contributed by atoms with Gasteiger partial charge in [-0.1, -0.05) is 55.0 Å². The van der Waals surface area contributed by atoms with Crippen molar-refractivity contribution in [2.45, 2.75) is 26.3 Å². The zero-order chi connectivity index (χ0) is 14.4.